The van der Waals surface area contributed by atoms with E-state index in [1.807, 2.05) is 23.8 Å². The van der Waals surface area contributed by atoms with Crippen LogP contribution in [0.1, 0.15) is 118 Å². The first-order valence-electron chi connectivity index (χ1n) is 18.9. The van der Waals surface area contributed by atoms with Crippen LogP contribution in [0.25, 0.3) is 0 Å². The number of hydrogen-bond donors (Lipinski definition) is 2. The molecule has 3 saturated carbocycles. The molecule has 49 heavy (non-hydrogen) atoms. The normalized spacial score (nSPS) is 29.5. The van der Waals surface area contributed by atoms with Gasteiger partial charge >= 0.3 is 0 Å². The minimum absolute atomic E-state index is 0.298. The van der Waals surface area contributed by atoms with E-state index in [0.29, 0.717) is 17.9 Å². The monoisotopic (exact) mass is 675 g/mol. The second-order valence-electron chi connectivity index (χ2n) is 15.0. The molecule has 0 bridgehead atoms. The maximum Gasteiger partial charge on any atom is 0.170 e. The summed E-state index contributed by atoms with van der Waals surface area (Å²) in [6, 6.07) is 20.3. The highest BCUT2D eigenvalue weighted by molar-refractivity contribution is 7.10. The molecule has 256 valence electrons. The van der Waals surface area contributed by atoms with Crippen LogP contribution in [0.3, 0.4) is 0 Å². The van der Waals surface area contributed by atoms with Crippen molar-refractivity contribution < 1.29 is 4.42 Å². The number of hydrazine groups is 1. The number of aromatic amines is 2. The molecular weight excluding hydrogens is 627 g/mol. The van der Waals surface area contributed by atoms with Crippen molar-refractivity contribution >= 4 is 17.2 Å². The molecule has 8 nitrogen and oxygen atoms in total. The largest absolute Gasteiger partial charge is 0.466 e. The first kappa shape index (κ1) is 31.3. The first-order valence-corrected chi connectivity index (χ1v) is 19.8. The van der Waals surface area contributed by atoms with Gasteiger partial charge in [0.25, 0.3) is 0 Å². The lowest BCUT2D eigenvalue weighted by molar-refractivity contribution is -0.0575. The van der Waals surface area contributed by atoms with E-state index in [0.717, 1.165) is 61.5 Å². The van der Waals surface area contributed by atoms with Gasteiger partial charge in [0.15, 0.2) is 5.54 Å². The molecule has 5 aromatic rings. The third-order valence-corrected chi connectivity index (χ3v) is 13.8. The number of rotatable bonds is 8. The Morgan fingerprint density at radius 3 is 2.18 bits per heavy atom. The number of hydrogen-bond acceptors (Lipinski definition) is 7. The smallest absolute Gasteiger partial charge is 0.170 e. The summed E-state index contributed by atoms with van der Waals surface area (Å²) in [5.41, 5.74) is 0.172. The first-order chi connectivity index (χ1) is 24.3. The molecule has 0 aromatic carbocycles. The van der Waals surface area contributed by atoms with Gasteiger partial charge in [0, 0.05) is 23.3 Å². The summed E-state index contributed by atoms with van der Waals surface area (Å²) in [5, 5.41) is 21.1. The molecule has 1 saturated heterocycles. The summed E-state index contributed by atoms with van der Waals surface area (Å²) in [6.07, 6.45) is 26.2. The molecule has 9 heteroatoms. The zero-order chi connectivity index (χ0) is 32.7. The predicted molar refractivity (Wildman–Crippen MR) is 193 cm³/mol. The quantitative estimate of drug-likeness (QED) is 0.159. The van der Waals surface area contributed by atoms with Gasteiger partial charge in [-0.05, 0) is 98.2 Å². The molecule has 9 rings (SSSR count). The highest BCUT2D eigenvalue weighted by atomic mass is 32.1. The Morgan fingerprint density at radius 1 is 0.755 bits per heavy atom. The van der Waals surface area contributed by atoms with Gasteiger partial charge in [0.2, 0.25) is 0 Å². The van der Waals surface area contributed by atoms with Crippen LogP contribution in [0.4, 0.5) is 5.82 Å². The maximum atomic E-state index is 6.92. The molecule has 2 N–H and O–H groups in total. The number of anilines is 1. The van der Waals surface area contributed by atoms with Crippen LogP contribution in [0.15, 0.2) is 89.2 Å². The second kappa shape index (κ2) is 12.9. The highest BCUT2D eigenvalue weighted by Crippen LogP contribution is 2.75. The van der Waals surface area contributed by atoms with Crippen molar-refractivity contribution in [2.24, 2.45) is 11.8 Å². The molecule has 0 spiro atoms. The number of thiophene rings is 1. The van der Waals surface area contributed by atoms with Crippen molar-refractivity contribution in [3.05, 3.63) is 107 Å². The molecule has 6 heterocycles. The van der Waals surface area contributed by atoms with Crippen molar-refractivity contribution in [3.63, 3.8) is 0 Å². The number of nitrogens with one attached hydrogen (secondary N) is 2. The predicted octanol–water partition coefficient (Wildman–Crippen LogP) is 9.49. The number of H-pyrrole nitrogens is 2. The Bertz CT molecular complexity index is 1740. The van der Waals surface area contributed by atoms with Crippen LogP contribution in [-0.4, -0.2) is 36.4 Å². The van der Waals surface area contributed by atoms with Gasteiger partial charge in [-0.25, -0.2) is 5.01 Å². The van der Waals surface area contributed by atoms with Crippen LogP contribution in [-0.2, 0) is 16.5 Å². The molecule has 3 atom stereocenters. The molecule has 4 fully saturated rings. The van der Waals surface area contributed by atoms with Crippen LogP contribution in [0.2, 0.25) is 0 Å². The summed E-state index contributed by atoms with van der Waals surface area (Å²) in [6.45, 7) is 0. The molecule has 5 aromatic heterocycles. The van der Waals surface area contributed by atoms with Crippen molar-refractivity contribution in [1.29, 1.82) is 0 Å². The Hall–Kier alpha value is -3.69. The summed E-state index contributed by atoms with van der Waals surface area (Å²) < 4.78 is 6.92. The number of aromatic nitrogens is 5. The van der Waals surface area contributed by atoms with Crippen LogP contribution in [0, 0.1) is 11.8 Å². The fraction of sp³-hybridized carbons (Fsp3) is 0.525. The van der Waals surface area contributed by atoms with E-state index in [-0.39, 0.29) is 0 Å². The zero-order valence-corrected chi connectivity index (χ0v) is 29.3. The van der Waals surface area contributed by atoms with E-state index in [4.69, 9.17) is 19.6 Å². The third-order valence-electron chi connectivity index (χ3n) is 12.8. The minimum Gasteiger partial charge on any atom is -0.466 e. The second-order valence-corrected chi connectivity index (χ2v) is 15.9. The summed E-state index contributed by atoms with van der Waals surface area (Å²) in [5.74, 6) is 2.70. The minimum atomic E-state index is -0.844. The third kappa shape index (κ3) is 4.40. The molecule has 3 unspecified atom stereocenters. The van der Waals surface area contributed by atoms with Gasteiger partial charge in [-0.1, -0.05) is 69.9 Å². The van der Waals surface area contributed by atoms with E-state index >= 15 is 0 Å². The van der Waals surface area contributed by atoms with Gasteiger partial charge in [0.1, 0.15) is 22.8 Å². The van der Waals surface area contributed by atoms with Crippen molar-refractivity contribution in [3.8, 4) is 0 Å². The molecule has 0 amide bonds. The molecule has 3 aliphatic carbocycles. The molecular formula is C40H49N7OS. The average molecular weight is 676 g/mol. The number of pyridine rings is 1. The lowest BCUT2D eigenvalue weighted by Crippen LogP contribution is -2.66. The van der Waals surface area contributed by atoms with Crippen molar-refractivity contribution in [2.75, 3.05) is 5.01 Å². The van der Waals surface area contributed by atoms with E-state index in [9.17, 15) is 0 Å². The molecule has 0 radical (unpaired) electrons. The standard InChI is InChI=1S/C40H49N7OS/c1-2-7-20-32(19-6-1)46-39(31-17-8-9-18-31,34-29-43-45-44-34)38(36-23-14-28-49-36,30-15-4-3-5-16-30)40(35-22-13-27-48-35,33-21-10-11-25-41-33)47(46)37-24-12-26-42-37/h10-14,21-32,42H,1-9,15-20H2,(H,43,44,45). The Morgan fingerprint density at radius 2 is 1.53 bits per heavy atom. The molecule has 1 aliphatic heterocycles. The van der Waals surface area contributed by atoms with Crippen molar-refractivity contribution in [1.82, 2.24) is 30.4 Å². The Kier molecular flexibility index (Phi) is 8.23. The fourth-order valence-electron chi connectivity index (χ4n) is 11.4. The zero-order valence-electron chi connectivity index (χ0n) is 28.5. The van der Waals surface area contributed by atoms with Gasteiger partial charge in [-0.2, -0.15) is 15.4 Å². The lowest BCUT2D eigenvalue weighted by Gasteiger charge is -2.58. The highest BCUT2D eigenvalue weighted by Gasteiger charge is 2.83. The summed E-state index contributed by atoms with van der Waals surface area (Å²) in [4.78, 5) is 10.6. The SMILES string of the molecule is c1ccc(C2(c3ccco3)N(c3ccc[nH]3)N(C3CCCCCC3)C(c3cn[nH]n3)(C3CCCC3)C2(c2cccs2)C2CCCCC2)nc1. The van der Waals surface area contributed by atoms with Gasteiger partial charge in [0.05, 0.1) is 23.6 Å². The lowest BCUT2D eigenvalue weighted by atomic mass is 9.45. The van der Waals surface area contributed by atoms with E-state index < -0.39 is 16.5 Å². The number of nitrogens with zero attached hydrogens (tertiary/aromatic N) is 5. The average Bonchev–Trinajstić information content (AvgIpc) is 3.99. The maximum absolute atomic E-state index is 6.92. The summed E-state index contributed by atoms with van der Waals surface area (Å²) >= 11 is 1.93. The van der Waals surface area contributed by atoms with Gasteiger partial charge in [-0.15, -0.1) is 11.3 Å². The van der Waals surface area contributed by atoms with Crippen LogP contribution in [0.5, 0.6) is 0 Å². The fourth-order valence-corrected chi connectivity index (χ4v) is 12.5. The van der Waals surface area contributed by atoms with Gasteiger partial charge in [-0.3, -0.25) is 9.99 Å². The Balaban J connectivity index is 1.54. The van der Waals surface area contributed by atoms with Gasteiger partial charge < -0.3 is 9.40 Å². The topological polar surface area (TPSA) is 89.9 Å². The summed E-state index contributed by atoms with van der Waals surface area (Å²) in [7, 11) is 0. The van der Waals surface area contributed by atoms with E-state index in [2.05, 4.69) is 92.6 Å². The Labute approximate surface area is 293 Å². The van der Waals surface area contributed by atoms with Crippen molar-refractivity contribution in [2.45, 2.75) is 119 Å². The van der Waals surface area contributed by atoms with E-state index in [1.165, 1.54) is 62.7 Å². The molecule has 4 aliphatic rings. The van der Waals surface area contributed by atoms with Crippen LogP contribution < -0.4 is 5.01 Å². The van der Waals surface area contributed by atoms with E-state index in [1.54, 1.807) is 0 Å². The number of furan rings is 1. The van der Waals surface area contributed by atoms with Crippen LogP contribution >= 0.6 is 11.3 Å².